The van der Waals surface area contributed by atoms with E-state index in [4.69, 9.17) is 13.7 Å². The summed E-state index contributed by atoms with van der Waals surface area (Å²) < 4.78 is 58.1. The number of nitrogens with zero attached hydrogens (tertiary/aromatic N) is 4. The van der Waals surface area contributed by atoms with E-state index < -0.39 is 23.7 Å². The molecule has 15 heteroatoms. The summed E-state index contributed by atoms with van der Waals surface area (Å²) >= 11 is 0. The smallest absolute Gasteiger partial charge is 0.416 e. The van der Waals surface area contributed by atoms with E-state index in [0.29, 0.717) is 31.2 Å². The number of hydrogen-bond donors (Lipinski definition) is 3. The van der Waals surface area contributed by atoms with Crippen molar-refractivity contribution in [1.82, 2.24) is 15.2 Å². The Morgan fingerprint density at radius 1 is 1.00 bits per heavy atom. The molecule has 0 radical (unpaired) electrons. The number of hydrogen-bond acceptors (Lipinski definition) is 8. The van der Waals surface area contributed by atoms with Gasteiger partial charge in [0.15, 0.2) is 5.76 Å². The number of rotatable bonds is 8. The summed E-state index contributed by atoms with van der Waals surface area (Å²) in [6.07, 6.45) is -1.73. The number of anilines is 3. The van der Waals surface area contributed by atoms with Crippen LogP contribution >= 0.6 is 0 Å². The molecule has 41 heavy (non-hydrogen) atoms. The van der Waals surface area contributed by atoms with Crippen LogP contribution < -0.4 is 20.6 Å². The van der Waals surface area contributed by atoms with E-state index in [1.165, 1.54) is 23.0 Å². The molecule has 0 aliphatic carbocycles. The van der Waals surface area contributed by atoms with E-state index in [-0.39, 0.29) is 29.6 Å². The van der Waals surface area contributed by atoms with Gasteiger partial charge in [-0.3, -0.25) is 24.5 Å². The number of aromatic nitrogens is 3. The molecule has 4 heterocycles. The molecule has 4 aromatic rings. The van der Waals surface area contributed by atoms with Crippen molar-refractivity contribution in [2.45, 2.75) is 19.3 Å². The predicted octanol–water partition coefficient (Wildman–Crippen LogP) is 3.75. The van der Waals surface area contributed by atoms with E-state index in [1.54, 1.807) is 30.5 Å². The van der Waals surface area contributed by atoms with Crippen LogP contribution in [0.4, 0.5) is 35.2 Å². The zero-order valence-electron chi connectivity index (χ0n) is 21.5. The average molecular weight is 573 g/mol. The van der Waals surface area contributed by atoms with Gasteiger partial charge in [-0.15, -0.1) is 0 Å². The second-order valence-corrected chi connectivity index (χ2v) is 9.07. The van der Waals surface area contributed by atoms with Gasteiger partial charge in [-0.2, -0.15) is 13.2 Å². The highest BCUT2D eigenvalue weighted by Gasteiger charge is 2.32. The molecular weight excluding hydrogens is 547 g/mol. The molecule has 214 valence electrons. The van der Waals surface area contributed by atoms with Gasteiger partial charge in [0.1, 0.15) is 11.5 Å². The van der Waals surface area contributed by atoms with Crippen LogP contribution in [0.25, 0.3) is 0 Å². The second-order valence-electron chi connectivity index (χ2n) is 9.07. The number of carbonyl (C=O) groups excluding carboxylic acids is 2. The van der Waals surface area contributed by atoms with Crippen molar-refractivity contribution in [3.8, 4) is 0 Å². The van der Waals surface area contributed by atoms with Crippen LogP contribution in [0.3, 0.4) is 0 Å². The first kappa shape index (κ1) is 27.8. The van der Waals surface area contributed by atoms with Gasteiger partial charge in [0.2, 0.25) is 11.8 Å². The number of alkyl halides is 3. The topological polar surface area (TPSA) is 139 Å². The minimum Gasteiger partial charge on any atom is -0.455 e. The summed E-state index contributed by atoms with van der Waals surface area (Å²) in [6, 6.07) is 10.2. The molecule has 3 aromatic heterocycles. The van der Waals surface area contributed by atoms with Crippen LogP contribution in [0.2, 0.25) is 0 Å². The Bertz CT molecular complexity index is 1500. The van der Waals surface area contributed by atoms with E-state index in [2.05, 4.69) is 31.1 Å². The standard InChI is InChI=1S/C26H24F3N7O5/c27-26(28,29)17-11-19(31-24(37)22-5-4-21(40-22)15-35-7-9-39-10-8-35)13-20(12-17)32-25(38)33-23-16-36(34-41-23)14-18-3-1-2-6-30-18/h1-6,11-13,16H,7-10,14-15H2,(H2-,31,32,33,34,37,38)/p+1. The lowest BCUT2D eigenvalue weighted by atomic mass is 10.1. The lowest BCUT2D eigenvalue weighted by Gasteiger charge is -2.25. The van der Waals surface area contributed by atoms with E-state index in [1.807, 2.05) is 0 Å². The third-order valence-corrected chi connectivity index (χ3v) is 5.94. The Morgan fingerprint density at radius 3 is 2.51 bits per heavy atom. The number of benzene rings is 1. The fourth-order valence-electron chi connectivity index (χ4n) is 4.03. The first-order chi connectivity index (χ1) is 19.7. The van der Waals surface area contributed by atoms with Crippen LogP contribution in [0.1, 0.15) is 27.6 Å². The highest BCUT2D eigenvalue weighted by atomic mass is 19.4. The van der Waals surface area contributed by atoms with Crippen LogP contribution in [0.5, 0.6) is 0 Å². The summed E-state index contributed by atoms with van der Waals surface area (Å²) in [5.74, 6) is -0.326. The molecule has 3 amide bonds. The molecule has 0 saturated carbocycles. The molecule has 1 saturated heterocycles. The first-order valence-corrected chi connectivity index (χ1v) is 12.5. The first-order valence-electron chi connectivity index (χ1n) is 12.5. The Kier molecular flexibility index (Phi) is 8.26. The van der Waals surface area contributed by atoms with Crippen LogP contribution in [-0.4, -0.2) is 53.4 Å². The molecule has 12 nitrogen and oxygen atoms in total. The maximum atomic E-state index is 13.6. The van der Waals surface area contributed by atoms with Gasteiger partial charge in [0.25, 0.3) is 12.1 Å². The number of carbonyl (C=O) groups is 2. The molecule has 0 atom stereocenters. The van der Waals surface area contributed by atoms with Crippen LogP contribution in [0, 0.1) is 0 Å². The summed E-state index contributed by atoms with van der Waals surface area (Å²) in [5.41, 5.74) is -0.797. The van der Waals surface area contributed by atoms with E-state index in [9.17, 15) is 22.8 Å². The highest BCUT2D eigenvalue weighted by Crippen LogP contribution is 2.33. The van der Waals surface area contributed by atoms with Gasteiger partial charge in [-0.25, -0.2) is 4.79 Å². The largest absolute Gasteiger partial charge is 0.455 e. The maximum absolute atomic E-state index is 13.6. The van der Waals surface area contributed by atoms with E-state index in [0.717, 1.165) is 25.2 Å². The fraction of sp³-hybridized carbons (Fsp3) is 0.269. The number of halogens is 3. The van der Waals surface area contributed by atoms with Gasteiger partial charge in [-0.05, 0) is 47.1 Å². The second kappa shape index (κ2) is 12.2. The molecule has 5 rings (SSSR count). The highest BCUT2D eigenvalue weighted by molar-refractivity contribution is 6.03. The fourth-order valence-corrected chi connectivity index (χ4v) is 4.03. The molecule has 0 spiro atoms. The monoisotopic (exact) mass is 572 g/mol. The van der Waals surface area contributed by atoms with E-state index >= 15 is 0 Å². The lowest BCUT2D eigenvalue weighted by molar-refractivity contribution is -0.755. The third-order valence-electron chi connectivity index (χ3n) is 5.94. The predicted molar refractivity (Wildman–Crippen MR) is 137 cm³/mol. The molecule has 1 aromatic carbocycles. The summed E-state index contributed by atoms with van der Waals surface area (Å²) in [6.45, 7) is 3.38. The van der Waals surface area contributed by atoms with Gasteiger partial charge < -0.3 is 19.8 Å². The molecule has 0 unspecified atom stereocenters. The molecular formula is C26H25F3N7O5+. The van der Waals surface area contributed by atoms with Gasteiger partial charge >= 0.3 is 18.1 Å². The van der Waals surface area contributed by atoms with Crippen molar-refractivity contribution < 1.29 is 41.1 Å². The number of amides is 3. The van der Waals surface area contributed by atoms with Crippen LogP contribution in [-0.2, 0) is 24.0 Å². The number of nitrogens with one attached hydrogen (secondary N) is 3. The molecule has 0 bridgehead atoms. The van der Waals surface area contributed by atoms with Crippen LogP contribution in [0.15, 0.2) is 69.9 Å². The Hall–Kier alpha value is -4.76. The zero-order valence-corrected chi connectivity index (χ0v) is 21.5. The van der Waals surface area contributed by atoms with Gasteiger partial charge in [0.05, 0.1) is 25.3 Å². The van der Waals surface area contributed by atoms with Crippen molar-refractivity contribution in [3.63, 3.8) is 0 Å². The summed E-state index contributed by atoms with van der Waals surface area (Å²) in [5, 5.41) is 10.9. The van der Waals surface area contributed by atoms with Crippen molar-refractivity contribution in [2.24, 2.45) is 0 Å². The maximum Gasteiger partial charge on any atom is 0.416 e. The molecule has 1 fully saturated rings. The summed E-state index contributed by atoms with van der Waals surface area (Å²) in [4.78, 5) is 31.5. The van der Waals surface area contributed by atoms with Crippen molar-refractivity contribution in [3.05, 3.63) is 83.7 Å². The number of furan rings is 1. The normalized spacial score (nSPS) is 14.0. The van der Waals surface area contributed by atoms with Gasteiger partial charge in [-0.1, -0.05) is 6.07 Å². The van der Waals surface area contributed by atoms with Crippen molar-refractivity contribution >= 4 is 29.2 Å². The number of ether oxygens (including phenoxy) is 1. The average Bonchev–Trinajstić information content (AvgIpc) is 3.58. The van der Waals surface area contributed by atoms with Crippen molar-refractivity contribution in [1.29, 1.82) is 0 Å². The Morgan fingerprint density at radius 2 is 1.78 bits per heavy atom. The molecule has 1 aliphatic heterocycles. The minimum atomic E-state index is -4.74. The zero-order chi connectivity index (χ0) is 28.8. The summed E-state index contributed by atoms with van der Waals surface area (Å²) in [7, 11) is 0. The third kappa shape index (κ3) is 7.67. The Labute approximate surface area is 231 Å². The minimum absolute atomic E-state index is 0.0513. The number of pyridine rings is 1. The Balaban J connectivity index is 1.24. The molecule has 1 aliphatic rings. The van der Waals surface area contributed by atoms with Gasteiger partial charge in [0, 0.05) is 30.7 Å². The number of urea groups is 1. The lowest BCUT2D eigenvalue weighted by Crippen LogP contribution is -2.35. The van der Waals surface area contributed by atoms with Crippen molar-refractivity contribution in [2.75, 3.05) is 42.3 Å². The SMILES string of the molecule is O=C(Nc1cc(NC(=O)c2ccc(CN3CCOCC3)o2)cc(C(F)(F)F)c1)Nc1c[n+](Cc2ccccn2)no1. The number of morpholine rings is 1. The molecule has 3 N–H and O–H groups in total. The quantitative estimate of drug-likeness (QED) is 0.272.